The van der Waals surface area contributed by atoms with Crippen LogP contribution in [0.1, 0.15) is 11.1 Å². The Morgan fingerprint density at radius 2 is 2.00 bits per heavy atom. The van der Waals surface area contributed by atoms with Gasteiger partial charge in [-0.15, -0.1) is 0 Å². The first-order valence-corrected chi connectivity index (χ1v) is 8.26. The van der Waals surface area contributed by atoms with Crippen molar-refractivity contribution >= 4 is 35.7 Å². The molecule has 0 heterocycles. The summed E-state index contributed by atoms with van der Waals surface area (Å²) in [5, 5.41) is 16.2. The van der Waals surface area contributed by atoms with Gasteiger partial charge in [0.15, 0.2) is 0 Å². The van der Waals surface area contributed by atoms with Crippen molar-refractivity contribution in [3.8, 4) is 11.5 Å². The van der Waals surface area contributed by atoms with Crippen LogP contribution in [0.4, 0.5) is 0 Å². The lowest BCUT2D eigenvalue weighted by molar-refractivity contribution is -0.123. The van der Waals surface area contributed by atoms with Crippen molar-refractivity contribution in [1.82, 2.24) is 10.7 Å². The molecule has 2 aromatic rings. The number of ether oxygens (including phenoxy) is 1. The van der Waals surface area contributed by atoms with Crippen molar-refractivity contribution < 1.29 is 19.4 Å². The number of hydrogen-bond donors (Lipinski definition) is 3. The summed E-state index contributed by atoms with van der Waals surface area (Å²) in [5.74, 6) is -0.343. The molecule has 0 unspecified atom stereocenters. The summed E-state index contributed by atoms with van der Waals surface area (Å²) in [6.45, 7) is -0.256. The molecular weight excluding hydrogens is 370 g/mol. The second-order valence-corrected chi connectivity index (χ2v) is 5.73. The second kappa shape index (κ2) is 9.98. The minimum Gasteiger partial charge on any atom is -0.507 e. The Kier molecular flexibility index (Phi) is 7.39. The van der Waals surface area contributed by atoms with Crippen molar-refractivity contribution in [2.75, 3.05) is 13.7 Å². The molecule has 2 rings (SSSR count). The van der Waals surface area contributed by atoms with Crippen molar-refractivity contribution in [1.29, 1.82) is 0 Å². The Morgan fingerprint density at radius 3 is 2.78 bits per heavy atom. The van der Waals surface area contributed by atoms with Crippen LogP contribution < -0.4 is 15.5 Å². The van der Waals surface area contributed by atoms with E-state index in [1.165, 1.54) is 30.5 Å². The number of hydrogen-bond acceptors (Lipinski definition) is 5. The molecule has 0 atom stereocenters. The van der Waals surface area contributed by atoms with Crippen LogP contribution >= 0.6 is 11.6 Å². The van der Waals surface area contributed by atoms with E-state index in [0.29, 0.717) is 16.3 Å². The zero-order chi connectivity index (χ0) is 19.6. The number of benzene rings is 2. The fourth-order valence-electron chi connectivity index (χ4n) is 2.04. The molecule has 140 valence electrons. The first-order valence-electron chi connectivity index (χ1n) is 7.89. The monoisotopic (exact) mass is 387 g/mol. The van der Waals surface area contributed by atoms with E-state index in [4.69, 9.17) is 16.3 Å². The van der Waals surface area contributed by atoms with Crippen LogP contribution in [-0.4, -0.2) is 36.8 Å². The number of hydrazone groups is 1. The summed E-state index contributed by atoms with van der Waals surface area (Å²) in [4.78, 5) is 23.5. The van der Waals surface area contributed by atoms with Crippen LogP contribution in [-0.2, 0) is 9.59 Å². The van der Waals surface area contributed by atoms with Crippen LogP contribution in [0.2, 0.25) is 5.02 Å². The minimum absolute atomic E-state index is 0.0211. The Labute approximate surface area is 161 Å². The van der Waals surface area contributed by atoms with Gasteiger partial charge >= 0.3 is 0 Å². The highest BCUT2D eigenvalue weighted by atomic mass is 35.5. The second-order valence-electron chi connectivity index (χ2n) is 5.29. The average molecular weight is 388 g/mol. The Hall–Kier alpha value is -3.32. The highest BCUT2D eigenvalue weighted by Gasteiger charge is 2.04. The first-order chi connectivity index (χ1) is 13.0. The van der Waals surface area contributed by atoms with E-state index >= 15 is 0 Å². The van der Waals surface area contributed by atoms with Gasteiger partial charge in [0.1, 0.15) is 11.5 Å². The van der Waals surface area contributed by atoms with Gasteiger partial charge in [0.05, 0.1) is 19.9 Å². The van der Waals surface area contributed by atoms with E-state index < -0.39 is 11.8 Å². The SMILES string of the molecule is COc1ccccc1C=CC(=O)NCC(=O)NN=Cc1cc(Cl)ccc1O. The summed E-state index contributed by atoms with van der Waals surface area (Å²) in [7, 11) is 1.54. The molecule has 3 N–H and O–H groups in total. The lowest BCUT2D eigenvalue weighted by atomic mass is 10.2. The topological polar surface area (TPSA) is 100 Å². The van der Waals surface area contributed by atoms with Crippen molar-refractivity contribution in [3.63, 3.8) is 0 Å². The zero-order valence-corrected chi connectivity index (χ0v) is 15.2. The molecule has 7 nitrogen and oxygen atoms in total. The smallest absolute Gasteiger partial charge is 0.259 e. The fraction of sp³-hybridized carbons (Fsp3) is 0.105. The molecule has 2 aromatic carbocycles. The summed E-state index contributed by atoms with van der Waals surface area (Å²) in [6, 6.07) is 11.7. The normalized spacial score (nSPS) is 10.9. The number of phenols is 1. The molecule has 0 radical (unpaired) electrons. The number of amides is 2. The van der Waals surface area contributed by atoms with Gasteiger partial charge in [-0.1, -0.05) is 29.8 Å². The predicted molar refractivity (Wildman–Crippen MR) is 104 cm³/mol. The highest BCUT2D eigenvalue weighted by Crippen LogP contribution is 2.19. The van der Waals surface area contributed by atoms with E-state index in [1.807, 2.05) is 12.1 Å². The lowest BCUT2D eigenvalue weighted by Gasteiger charge is -2.04. The number of carbonyl (C=O) groups is 2. The van der Waals surface area contributed by atoms with Gasteiger partial charge in [-0.25, -0.2) is 5.43 Å². The number of methoxy groups -OCH3 is 1. The van der Waals surface area contributed by atoms with Gasteiger partial charge in [-0.05, 0) is 30.3 Å². The molecule has 2 amide bonds. The van der Waals surface area contributed by atoms with Crippen LogP contribution in [0.15, 0.2) is 53.6 Å². The number of nitrogens with one attached hydrogen (secondary N) is 2. The van der Waals surface area contributed by atoms with Gasteiger partial charge in [0.2, 0.25) is 5.91 Å². The number of halogens is 1. The van der Waals surface area contributed by atoms with Crippen molar-refractivity contribution in [3.05, 3.63) is 64.7 Å². The highest BCUT2D eigenvalue weighted by molar-refractivity contribution is 6.30. The van der Waals surface area contributed by atoms with Gasteiger partial charge < -0.3 is 15.2 Å². The Bertz CT molecular complexity index is 881. The molecule has 0 spiro atoms. The van der Waals surface area contributed by atoms with E-state index in [-0.39, 0.29) is 12.3 Å². The Balaban J connectivity index is 1.81. The van der Waals surface area contributed by atoms with Crippen molar-refractivity contribution in [2.45, 2.75) is 0 Å². The number of para-hydroxylation sites is 1. The third-order valence-electron chi connectivity index (χ3n) is 3.36. The lowest BCUT2D eigenvalue weighted by Crippen LogP contribution is -2.34. The van der Waals surface area contributed by atoms with Gasteiger partial charge in [0, 0.05) is 22.2 Å². The van der Waals surface area contributed by atoms with Crippen LogP contribution in [0.5, 0.6) is 11.5 Å². The number of nitrogens with zero attached hydrogens (tertiary/aromatic N) is 1. The zero-order valence-electron chi connectivity index (χ0n) is 14.5. The molecule has 0 bridgehead atoms. The summed E-state index contributed by atoms with van der Waals surface area (Å²) in [6.07, 6.45) is 4.15. The van der Waals surface area contributed by atoms with Crippen LogP contribution in [0.25, 0.3) is 6.08 Å². The number of aromatic hydroxyl groups is 1. The fourth-order valence-corrected chi connectivity index (χ4v) is 2.22. The van der Waals surface area contributed by atoms with E-state index in [2.05, 4.69) is 15.8 Å². The van der Waals surface area contributed by atoms with Crippen molar-refractivity contribution in [2.24, 2.45) is 5.10 Å². The van der Waals surface area contributed by atoms with Gasteiger partial charge in [-0.3, -0.25) is 9.59 Å². The maximum atomic E-state index is 11.8. The maximum absolute atomic E-state index is 11.8. The largest absolute Gasteiger partial charge is 0.507 e. The average Bonchev–Trinajstić information content (AvgIpc) is 2.67. The minimum atomic E-state index is -0.521. The molecule has 0 fully saturated rings. The molecule has 0 aliphatic carbocycles. The standard InChI is InChI=1S/C19H18ClN3O4/c1-27-17-5-3-2-4-13(17)6-9-18(25)21-12-19(26)23-22-11-14-10-15(20)7-8-16(14)24/h2-11,24H,12H2,1H3,(H,21,25)(H,23,26). The molecular formula is C19H18ClN3O4. The van der Waals surface area contributed by atoms with E-state index in [1.54, 1.807) is 25.3 Å². The summed E-state index contributed by atoms with van der Waals surface area (Å²) < 4.78 is 5.18. The molecule has 0 aromatic heterocycles. The Morgan fingerprint density at radius 1 is 1.22 bits per heavy atom. The molecule has 8 heteroatoms. The van der Waals surface area contributed by atoms with Crippen LogP contribution in [0, 0.1) is 0 Å². The quantitative estimate of drug-likeness (QED) is 0.385. The summed E-state index contributed by atoms with van der Waals surface area (Å²) in [5.41, 5.74) is 3.34. The predicted octanol–water partition coefficient (Wildman–Crippen LogP) is 2.33. The molecule has 0 aliphatic rings. The first kappa shape index (κ1) is 20.0. The third-order valence-corrected chi connectivity index (χ3v) is 3.59. The third kappa shape index (κ3) is 6.48. The maximum Gasteiger partial charge on any atom is 0.259 e. The summed E-state index contributed by atoms with van der Waals surface area (Å²) >= 11 is 5.81. The molecule has 0 saturated heterocycles. The molecule has 27 heavy (non-hydrogen) atoms. The molecule has 0 saturated carbocycles. The van der Waals surface area contributed by atoms with Gasteiger partial charge in [-0.2, -0.15) is 5.10 Å². The van der Waals surface area contributed by atoms with Gasteiger partial charge in [0.25, 0.3) is 5.91 Å². The molecule has 0 aliphatic heterocycles. The number of phenolic OH excluding ortho intramolecular Hbond substituents is 1. The van der Waals surface area contributed by atoms with E-state index in [9.17, 15) is 14.7 Å². The number of carbonyl (C=O) groups excluding carboxylic acids is 2. The van der Waals surface area contributed by atoms with Crippen LogP contribution in [0.3, 0.4) is 0 Å². The van der Waals surface area contributed by atoms with E-state index in [0.717, 1.165) is 5.56 Å². The number of rotatable bonds is 7.